The lowest BCUT2D eigenvalue weighted by molar-refractivity contribution is -0.147. The molecular formula is C11H16N4O4. The largest absolute Gasteiger partial charge is 0.479 e. The molecule has 19 heavy (non-hydrogen) atoms. The topological polar surface area (TPSA) is 109 Å². The number of carbonyl (C=O) groups is 2. The summed E-state index contributed by atoms with van der Waals surface area (Å²) in [5.74, 6) is -1.12. The van der Waals surface area contributed by atoms with E-state index in [9.17, 15) is 14.7 Å². The summed E-state index contributed by atoms with van der Waals surface area (Å²) in [4.78, 5) is 23.7. The standard InChI is InChI=1S/C11H16N4O4/c16-5-1-4-14-6-9(12-13-14)10(11(18)19)15(7-17)8-2-3-8/h6-8,10,16H,1-5H2,(H,18,19). The quantitative estimate of drug-likeness (QED) is 0.610. The SMILES string of the molecule is O=CN(C1CC1)C(C(=O)O)c1cn(CCCO)nn1. The van der Waals surface area contributed by atoms with E-state index in [0.717, 1.165) is 12.8 Å². The van der Waals surface area contributed by atoms with Gasteiger partial charge in [0.05, 0.1) is 6.20 Å². The Morgan fingerprint density at radius 3 is 2.89 bits per heavy atom. The van der Waals surface area contributed by atoms with Gasteiger partial charge in [-0.2, -0.15) is 0 Å². The highest BCUT2D eigenvalue weighted by molar-refractivity contribution is 5.77. The van der Waals surface area contributed by atoms with Crippen LogP contribution in [0.1, 0.15) is 31.0 Å². The molecule has 0 radical (unpaired) electrons. The molecule has 1 aromatic heterocycles. The Morgan fingerprint density at radius 2 is 2.37 bits per heavy atom. The summed E-state index contributed by atoms with van der Waals surface area (Å²) in [5, 5.41) is 25.6. The highest BCUT2D eigenvalue weighted by Gasteiger charge is 2.38. The van der Waals surface area contributed by atoms with Gasteiger partial charge in [0.15, 0.2) is 6.04 Å². The number of aromatic nitrogens is 3. The van der Waals surface area contributed by atoms with Crippen LogP contribution >= 0.6 is 0 Å². The second kappa shape index (κ2) is 5.79. The molecule has 1 aliphatic rings. The fraction of sp³-hybridized carbons (Fsp3) is 0.636. The Kier molecular flexibility index (Phi) is 4.10. The first-order valence-electron chi connectivity index (χ1n) is 6.13. The second-order valence-corrected chi connectivity index (χ2v) is 4.51. The summed E-state index contributed by atoms with van der Waals surface area (Å²) in [6.07, 6.45) is 4.22. The van der Waals surface area contributed by atoms with Crippen molar-refractivity contribution in [2.75, 3.05) is 6.61 Å². The molecule has 1 aliphatic carbocycles. The molecule has 8 nitrogen and oxygen atoms in total. The lowest BCUT2D eigenvalue weighted by Gasteiger charge is -2.22. The molecular weight excluding hydrogens is 252 g/mol. The smallest absolute Gasteiger partial charge is 0.332 e. The van der Waals surface area contributed by atoms with Crippen LogP contribution in [0.15, 0.2) is 6.20 Å². The van der Waals surface area contributed by atoms with Gasteiger partial charge in [-0.3, -0.25) is 9.48 Å². The number of hydrogen-bond acceptors (Lipinski definition) is 5. The second-order valence-electron chi connectivity index (χ2n) is 4.51. The van der Waals surface area contributed by atoms with E-state index in [-0.39, 0.29) is 18.3 Å². The van der Waals surface area contributed by atoms with Gasteiger partial charge in [-0.15, -0.1) is 5.10 Å². The molecule has 1 saturated carbocycles. The molecule has 1 heterocycles. The Morgan fingerprint density at radius 1 is 1.63 bits per heavy atom. The van der Waals surface area contributed by atoms with Crippen molar-refractivity contribution in [1.82, 2.24) is 19.9 Å². The molecule has 1 amide bonds. The van der Waals surface area contributed by atoms with Gasteiger partial charge in [-0.05, 0) is 19.3 Å². The molecule has 0 aromatic carbocycles. The fourth-order valence-electron chi connectivity index (χ4n) is 1.92. The van der Waals surface area contributed by atoms with Crippen molar-refractivity contribution in [2.45, 2.75) is 37.9 Å². The maximum atomic E-state index is 11.3. The maximum absolute atomic E-state index is 11.3. The number of carboxylic acids is 1. The van der Waals surface area contributed by atoms with Crippen molar-refractivity contribution >= 4 is 12.4 Å². The van der Waals surface area contributed by atoms with Crippen LogP contribution in [0.3, 0.4) is 0 Å². The van der Waals surface area contributed by atoms with Crippen LogP contribution in [0.2, 0.25) is 0 Å². The van der Waals surface area contributed by atoms with Crippen LogP contribution < -0.4 is 0 Å². The van der Waals surface area contributed by atoms with Crippen LogP contribution in [0, 0.1) is 0 Å². The minimum atomic E-state index is -1.12. The number of carbonyl (C=O) groups excluding carboxylic acids is 1. The predicted molar refractivity (Wildman–Crippen MR) is 63.0 cm³/mol. The van der Waals surface area contributed by atoms with Crippen LogP contribution in [0.4, 0.5) is 0 Å². The first-order chi connectivity index (χ1) is 9.17. The molecule has 8 heteroatoms. The van der Waals surface area contributed by atoms with E-state index in [1.54, 1.807) is 0 Å². The van der Waals surface area contributed by atoms with Crippen molar-refractivity contribution in [3.05, 3.63) is 11.9 Å². The first kappa shape index (κ1) is 13.5. The minimum Gasteiger partial charge on any atom is -0.479 e. The van der Waals surface area contributed by atoms with Crippen LogP contribution in [0.5, 0.6) is 0 Å². The van der Waals surface area contributed by atoms with Crippen molar-refractivity contribution in [2.24, 2.45) is 0 Å². The van der Waals surface area contributed by atoms with E-state index < -0.39 is 12.0 Å². The molecule has 0 spiro atoms. The summed E-state index contributed by atoms with van der Waals surface area (Å²) in [6, 6.07) is -1.10. The fourth-order valence-corrected chi connectivity index (χ4v) is 1.92. The number of nitrogens with zero attached hydrogens (tertiary/aromatic N) is 4. The number of aliphatic hydroxyl groups is 1. The highest BCUT2D eigenvalue weighted by atomic mass is 16.4. The molecule has 0 saturated heterocycles. The zero-order valence-electron chi connectivity index (χ0n) is 10.3. The average molecular weight is 268 g/mol. The van der Waals surface area contributed by atoms with E-state index in [1.807, 2.05) is 0 Å². The Balaban J connectivity index is 2.16. The van der Waals surface area contributed by atoms with Gasteiger partial charge >= 0.3 is 5.97 Å². The molecule has 104 valence electrons. The molecule has 1 unspecified atom stereocenters. The van der Waals surface area contributed by atoms with Gasteiger partial charge in [-0.1, -0.05) is 5.21 Å². The molecule has 2 rings (SSSR count). The van der Waals surface area contributed by atoms with E-state index in [1.165, 1.54) is 15.8 Å². The van der Waals surface area contributed by atoms with Crippen molar-refractivity contribution in [3.63, 3.8) is 0 Å². The number of hydrogen-bond donors (Lipinski definition) is 2. The minimum absolute atomic E-state index is 0.0128. The van der Waals surface area contributed by atoms with Crippen LogP contribution in [-0.2, 0) is 16.1 Å². The normalized spacial score (nSPS) is 16.1. The summed E-state index contributed by atoms with van der Waals surface area (Å²) in [7, 11) is 0. The number of aliphatic carboxylic acids is 1. The number of aryl methyl sites for hydroxylation is 1. The van der Waals surface area contributed by atoms with Gasteiger partial charge in [0, 0.05) is 19.2 Å². The Bertz CT molecular complexity index is 457. The zero-order valence-corrected chi connectivity index (χ0v) is 10.3. The van der Waals surface area contributed by atoms with Gasteiger partial charge in [-0.25, -0.2) is 4.79 Å². The number of aliphatic hydroxyl groups excluding tert-OH is 1. The van der Waals surface area contributed by atoms with E-state index in [0.29, 0.717) is 19.4 Å². The van der Waals surface area contributed by atoms with Crippen LogP contribution in [0.25, 0.3) is 0 Å². The molecule has 1 aromatic rings. The molecule has 0 bridgehead atoms. The maximum Gasteiger partial charge on any atom is 0.332 e. The van der Waals surface area contributed by atoms with Crippen molar-refractivity contribution < 1.29 is 19.8 Å². The lowest BCUT2D eigenvalue weighted by Crippen LogP contribution is -2.35. The van der Waals surface area contributed by atoms with Gasteiger partial charge in [0.2, 0.25) is 6.41 Å². The molecule has 1 fully saturated rings. The first-order valence-corrected chi connectivity index (χ1v) is 6.13. The molecule has 2 N–H and O–H groups in total. The third kappa shape index (κ3) is 3.08. The monoisotopic (exact) mass is 268 g/mol. The zero-order chi connectivity index (χ0) is 13.8. The lowest BCUT2D eigenvalue weighted by atomic mass is 10.2. The van der Waals surface area contributed by atoms with Gasteiger partial charge in [0.1, 0.15) is 5.69 Å². The van der Waals surface area contributed by atoms with Gasteiger partial charge in [0.25, 0.3) is 0 Å². The van der Waals surface area contributed by atoms with Crippen LogP contribution in [-0.4, -0.2) is 55.1 Å². The number of amides is 1. The van der Waals surface area contributed by atoms with Gasteiger partial charge < -0.3 is 15.1 Å². The number of rotatable bonds is 8. The highest BCUT2D eigenvalue weighted by Crippen LogP contribution is 2.32. The summed E-state index contributed by atoms with van der Waals surface area (Å²) in [6.45, 7) is 0.487. The third-order valence-corrected chi connectivity index (χ3v) is 3.00. The summed E-state index contributed by atoms with van der Waals surface area (Å²) in [5.41, 5.74) is 0.240. The number of carboxylic acid groups (broad SMARTS) is 1. The Labute approximate surface area is 109 Å². The van der Waals surface area contributed by atoms with E-state index in [2.05, 4.69) is 10.3 Å². The average Bonchev–Trinajstić information content (AvgIpc) is 3.12. The molecule has 1 atom stereocenters. The third-order valence-electron chi connectivity index (χ3n) is 3.00. The predicted octanol–water partition coefficient (Wildman–Crippen LogP) is -0.593. The van der Waals surface area contributed by atoms with Crippen molar-refractivity contribution in [1.29, 1.82) is 0 Å². The van der Waals surface area contributed by atoms with E-state index >= 15 is 0 Å². The summed E-state index contributed by atoms with van der Waals surface area (Å²) >= 11 is 0. The Hall–Kier alpha value is -1.96. The summed E-state index contributed by atoms with van der Waals surface area (Å²) < 4.78 is 1.47. The van der Waals surface area contributed by atoms with Crippen molar-refractivity contribution in [3.8, 4) is 0 Å². The molecule has 0 aliphatic heterocycles. The van der Waals surface area contributed by atoms with E-state index in [4.69, 9.17) is 5.11 Å².